The topological polar surface area (TPSA) is 131 Å². The highest BCUT2D eigenvalue weighted by molar-refractivity contribution is 5.23. The van der Waals surface area contributed by atoms with Crippen LogP contribution in [-0.4, -0.2) is 49.8 Å². The van der Waals surface area contributed by atoms with Gasteiger partial charge in [-0.05, 0) is 6.07 Å². The van der Waals surface area contributed by atoms with E-state index in [-0.39, 0.29) is 12.4 Å². The van der Waals surface area contributed by atoms with E-state index in [0.717, 1.165) is 4.57 Å². The molecular weight excluding hydrogens is 230 g/mol. The number of hydrogen-bond donors (Lipinski definition) is 4. The van der Waals surface area contributed by atoms with Crippen LogP contribution in [0.15, 0.2) is 17.1 Å². The van der Waals surface area contributed by atoms with Gasteiger partial charge in [-0.25, -0.2) is 4.79 Å². The van der Waals surface area contributed by atoms with E-state index in [1.165, 1.54) is 12.3 Å². The van der Waals surface area contributed by atoms with E-state index >= 15 is 0 Å². The summed E-state index contributed by atoms with van der Waals surface area (Å²) >= 11 is 0. The minimum Gasteiger partial charge on any atom is -0.388 e. The maximum atomic E-state index is 11.5. The van der Waals surface area contributed by atoms with Crippen molar-refractivity contribution in [2.75, 3.05) is 12.3 Å². The second kappa shape index (κ2) is 4.41. The number of aliphatic hydroxyl groups is 3. The van der Waals surface area contributed by atoms with Crippen molar-refractivity contribution in [3.8, 4) is 0 Å². The summed E-state index contributed by atoms with van der Waals surface area (Å²) in [5.74, 6) is 0.0529. The molecule has 1 aromatic rings. The van der Waals surface area contributed by atoms with Gasteiger partial charge in [-0.2, -0.15) is 4.98 Å². The number of rotatable bonds is 1. The molecule has 0 bridgehead atoms. The first-order chi connectivity index (χ1) is 8.00. The highest BCUT2D eigenvalue weighted by Gasteiger charge is 2.38. The van der Waals surface area contributed by atoms with Crippen molar-refractivity contribution in [3.63, 3.8) is 0 Å². The lowest BCUT2D eigenvalue weighted by Gasteiger charge is -2.35. The van der Waals surface area contributed by atoms with Crippen molar-refractivity contribution < 1.29 is 20.1 Å². The quantitative estimate of drug-likeness (QED) is 0.426. The van der Waals surface area contributed by atoms with Gasteiger partial charge in [0.1, 0.15) is 24.1 Å². The van der Waals surface area contributed by atoms with Crippen LogP contribution in [0, 0.1) is 0 Å². The van der Waals surface area contributed by atoms with Crippen molar-refractivity contribution in [3.05, 3.63) is 22.7 Å². The normalized spacial score (nSPS) is 33.6. The van der Waals surface area contributed by atoms with Gasteiger partial charge in [0.25, 0.3) is 0 Å². The summed E-state index contributed by atoms with van der Waals surface area (Å²) in [7, 11) is 0. The summed E-state index contributed by atoms with van der Waals surface area (Å²) in [6, 6.07) is 1.37. The number of nitrogens with zero attached hydrogens (tertiary/aromatic N) is 2. The number of aromatic nitrogens is 2. The molecule has 94 valence electrons. The van der Waals surface area contributed by atoms with Crippen molar-refractivity contribution >= 4 is 5.82 Å². The second-order valence-electron chi connectivity index (χ2n) is 3.81. The Labute approximate surface area is 95.9 Å². The van der Waals surface area contributed by atoms with Crippen molar-refractivity contribution in [2.45, 2.75) is 24.5 Å². The van der Waals surface area contributed by atoms with Gasteiger partial charge in [0.05, 0.1) is 6.61 Å². The molecule has 8 heteroatoms. The molecule has 0 radical (unpaired) electrons. The smallest absolute Gasteiger partial charge is 0.351 e. The Balaban J connectivity index is 2.31. The Morgan fingerprint density at radius 1 is 1.41 bits per heavy atom. The van der Waals surface area contributed by atoms with Crippen LogP contribution in [-0.2, 0) is 4.74 Å². The predicted octanol–water partition coefficient (Wildman–Crippen LogP) is -2.56. The zero-order valence-electron chi connectivity index (χ0n) is 8.80. The van der Waals surface area contributed by atoms with Gasteiger partial charge in [-0.1, -0.05) is 0 Å². The number of aliphatic hydroxyl groups excluding tert-OH is 3. The van der Waals surface area contributed by atoms with E-state index in [1.807, 2.05) is 0 Å². The summed E-state index contributed by atoms with van der Waals surface area (Å²) in [6.45, 7) is -0.181. The Hall–Kier alpha value is -1.48. The van der Waals surface area contributed by atoms with Gasteiger partial charge in [0.2, 0.25) is 0 Å². The zero-order chi connectivity index (χ0) is 12.6. The van der Waals surface area contributed by atoms with Gasteiger partial charge < -0.3 is 25.8 Å². The summed E-state index contributed by atoms with van der Waals surface area (Å²) in [4.78, 5) is 15.0. The maximum absolute atomic E-state index is 11.5. The van der Waals surface area contributed by atoms with Gasteiger partial charge in [0.15, 0.2) is 6.23 Å². The van der Waals surface area contributed by atoms with Crippen molar-refractivity contribution in [1.82, 2.24) is 9.55 Å². The molecule has 0 aliphatic carbocycles. The molecule has 0 amide bonds. The molecule has 0 spiro atoms. The standard InChI is InChI=1S/C9H13N3O5/c10-5-1-2-12(9(16)11-5)8-7(15)6(14)4(13)3-17-8/h1-2,4,6-8,13-15H,3H2,(H2,10,11,16)/t4-,6-,7+,8?/m1/s1. The van der Waals surface area contributed by atoms with E-state index in [2.05, 4.69) is 4.98 Å². The second-order valence-corrected chi connectivity index (χ2v) is 3.81. The minimum atomic E-state index is -1.41. The monoisotopic (exact) mass is 243 g/mol. The molecule has 4 atom stereocenters. The summed E-state index contributed by atoms with van der Waals surface area (Å²) in [5.41, 5.74) is 4.63. The van der Waals surface area contributed by atoms with Gasteiger partial charge in [-0.3, -0.25) is 4.57 Å². The number of ether oxygens (including phenoxy) is 1. The van der Waals surface area contributed by atoms with Crippen LogP contribution in [0.4, 0.5) is 5.82 Å². The van der Waals surface area contributed by atoms with Gasteiger partial charge in [0, 0.05) is 6.20 Å². The van der Waals surface area contributed by atoms with E-state index in [1.54, 1.807) is 0 Å². The molecule has 17 heavy (non-hydrogen) atoms. The SMILES string of the molecule is Nc1ccn(C2OC[C@@H](O)[C@@H](O)[C@@H]2O)c(=O)n1. The lowest BCUT2D eigenvalue weighted by atomic mass is 10.0. The maximum Gasteiger partial charge on any atom is 0.351 e. The third-order valence-electron chi connectivity index (χ3n) is 2.60. The summed E-state index contributed by atoms with van der Waals surface area (Å²) < 4.78 is 6.11. The molecule has 5 N–H and O–H groups in total. The number of nitrogens with two attached hydrogens (primary N) is 1. The summed E-state index contributed by atoms with van der Waals surface area (Å²) in [5, 5.41) is 28.5. The van der Waals surface area contributed by atoms with Gasteiger partial charge in [-0.15, -0.1) is 0 Å². The average Bonchev–Trinajstić information content (AvgIpc) is 2.28. The van der Waals surface area contributed by atoms with E-state index in [0.29, 0.717) is 0 Å². The fourth-order valence-corrected chi connectivity index (χ4v) is 1.66. The molecule has 1 fully saturated rings. The van der Waals surface area contributed by atoms with E-state index in [9.17, 15) is 20.1 Å². The molecular formula is C9H13N3O5. The largest absolute Gasteiger partial charge is 0.388 e. The Kier molecular flexibility index (Phi) is 3.11. The highest BCUT2D eigenvalue weighted by Crippen LogP contribution is 2.22. The fraction of sp³-hybridized carbons (Fsp3) is 0.556. The molecule has 1 unspecified atom stereocenters. The number of hydrogen-bond acceptors (Lipinski definition) is 7. The fourth-order valence-electron chi connectivity index (χ4n) is 1.66. The lowest BCUT2D eigenvalue weighted by molar-refractivity contribution is -0.212. The third kappa shape index (κ3) is 2.15. The van der Waals surface area contributed by atoms with Crippen LogP contribution in [0.25, 0.3) is 0 Å². The van der Waals surface area contributed by atoms with E-state index < -0.39 is 30.2 Å². The van der Waals surface area contributed by atoms with Crippen molar-refractivity contribution in [2.24, 2.45) is 0 Å². The Bertz CT molecular complexity index is 462. The first kappa shape index (κ1) is 12.0. The van der Waals surface area contributed by atoms with E-state index in [4.69, 9.17) is 10.5 Å². The molecule has 2 heterocycles. The van der Waals surface area contributed by atoms with Crippen LogP contribution in [0.5, 0.6) is 0 Å². The van der Waals surface area contributed by atoms with Crippen LogP contribution < -0.4 is 11.4 Å². The zero-order valence-corrected chi connectivity index (χ0v) is 8.80. The van der Waals surface area contributed by atoms with Crippen LogP contribution in [0.1, 0.15) is 6.23 Å². The highest BCUT2D eigenvalue weighted by atomic mass is 16.5. The average molecular weight is 243 g/mol. The summed E-state index contributed by atoms with van der Waals surface area (Å²) in [6.07, 6.45) is -3.75. The van der Waals surface area contributed by atoms with Crippen LogP contribution >= 0.6 is 0 Å². The molecule has 0 saturated carbocycles. The minimum absolute atomic E-state index is 0.0529. The molecule has 2 rings (SSSR count). The predicted molar refractivity (Wildman–Crippen MR) is 55.9 cm³/mol. The molecule has 1 aliphatic heterocycles. The first-order valence-corrected chi connectivity index (χ1v) is 5.01. The Morgan fingerprint density at radius 2 is 2.12 bits per heavy atom. The van der Waals surface area contributed by atoms with Gasteiger partial charge >= 0.3 is 5.69 Å². The molecule has 1 saturated heterocycles. The first-order valence-electron chi connectivity index (χ1n) is 5.01. The van der Waals surface area contributed by atoms with Crippen LogP contribution in [0.3, 0.4) is 0 Å². The Morgan fingerprint density at radius 3 is 2.76 bits per heavy atom. The number of anilines is 1. The molecule has 0 aromatic carbocycles. The lowest BCUT2D eigenvalue weighted by Crippen LogP contribution is -2.52. The van der Waals surface area contributed by atoms with Crippen LogP contribution in [0.2, 0.25) is 0 Å². The molecule has 1 aliphatic rings. The molecule has 1 aromatic heterocycles. The molecule has 8 nitrogen and oxygen atoms in total. The number of nitrogen functional groups attached to an aromatic ring is 1. The van der Waals surface area contributed by atoms with Crippen molar-refractivity contribution in [1.29, 1.82) is 0 Å². The third-order valence-corrected chi connectivity index (χ3v) is 2.60.